The molecule has 3 N–H and O–H groups in total. The minimum absolute atomic E-state index is 0.200. The van der Waals surface area contributed by atoms with Gasteiger partial charge in [0.05, 0.1) is 5.69 Å². The molecule has 5 nitrogen and oxygen atoms in total. The Hall–Kier alpha value is -3.34. The second kappa shape index (κ2) is 7.05. The van der Waals surface area contributed by atoms with E-state index in [0.29, 0.717) is 11.5 Å². The quantitative estimate of drug-likeness (QED) is 0.649. The van der Waals surface area contributed by atoms with Crippen LogP contribution in [0.3, 0.4) is 0 Å². The Morgan fingerprint density at radius 2 is 1.72 bits per heavy atom. The summed E-state index contributed by atoms with van der Waals surface area (Å²) in [5.41, 5.74) is 4.41. The first kappa shape index (κ1) is 16.5. The number of phenolic OH excluding ortho intramolecular Hbond substituents is 1. The highest BCUT2D eigenvalue weighted by molar-refractivity contribution is 5.99. The van der Waals surface area contributed by atoms with Crippen molar-refractivity contribution in [3.8, 4) is 17.0 Å². The zero-order valence-corrected chi connectivity index (χ0v) is 14.1. The number of carbonyl (C=O) groups is 1. The number of amides is 2. The Kier molecular flexibility index (Phi) is 4.66. The number of carbonyl (C=O) groups excluding carboxylic acids is 1. The molecule has 0 fully saturated rings. The second-order valence-corrected chi connectivity index (χ2v) is 5.85. The van der Waals surface area contributed by atoms with E-state index >= 15 is 0 Å². The van der Waals surface area contributed by atoms with Crippen LogP contribution in [-0.2, 0) is 0 Å². The molecule has 0 aliphatic rings. The summed E-state index contributed by atoms with van der Waals surface area (Å²) in [7, 11) is 0. The molecule has 0 spiro atoms. The van der Waals surface area contributed by atoms with Crippen molar-refractivity contribution >= 4 is 17.5 Å². The molecule has 0 saturated carbocycles. The summed E-state index contributed by atoms with van der Waals surface area (Å²) >= 11 is 0. The van der Waals surface area contributed by atoms with Gasteiger partial charge in [0.15, 0.2) is 0 Å². The Balaban J connectivity index is 1.74. The number of nitrogens with one attached hydrogen (secondary N) is 2. The normalized spacial score (nSPS) is 10.3. The molecule has 5 heteroatoms. The average molecular weight is 333 g/mol. The Labute approximate surface area is 146 Å². The van der Waals surface area contributed by atoms with E-state index in [1.54, 1.807) is 30.3 Å². The molecule has 0 bridgehead atoms. The number of rotatable bonds is 3. The lowest BCUT2D eigenvalue weighted by Crippen LogP contribution is -2.20. The SMILES string of the molecule is Cc1ccc(C)c(NC(=O)Nc2cccc(-c3ccc(O)cc3)n2)c1. The van der Waals surface area contributed by atoms with Crippen LogP contribution in [0.15, 0.2) is 60.7 Å². The number of nitrogens with zero attached hydrogens (tertiary/aromatic N) is 1. The number of aromatic hydroxyl groups is 1. The van der Waals surface area contributed by atoms with E-state index in [4.69, 9.17) is 0 Å². The minimum atomic E-state index is -0.343. The van der Waals surface area contributed by atoms with Crippen LogP contribution in [0.4, 0.5) is 16.3 Å². The van der Waals surface area contributed by atoms with Crippen LogP contribution >= 0.6 is 0 Å². The fourth-order valence-corrected chi connectivity index (χ4v) is 2.44. The maximum atomic E-state index is 12.2. The largest absolute Gasteiger partial charge is 0.508 e. The first-order chi connectivity index (χ1) is 12.0. The van der Waals surface area contributed by atoms with Gasteiger partial charge in [0.1, 0.15) is 11.6 Å². The molecule has 0 radical (unpaired) electrons. The van der Waals surface area contributed by atoms with E-state index in [0.717, 1.165) is 22.4 Å². The van der Waals surface area contributed by atoms with E-state index in [2.05, 4.69) is 15.6 Å². The Morgan fingerprint density at radius 1 is 0.960 bits per heavy atom. The molecular formula is C20H19N3O2. The van der Waals surface area contributed by atoms with Crippen LogP contribution in [0, 0.1) is 13.8 Å². The van der Waals surface area contributed by atoms with Crippen molar-refractivity contribution in [2.75, 3.05) is 10.6 Å². The van der Waals surface area contributed by atoms with Gasteiger partial charge in [-0.25, -0.2) is 9.78 Å². The first-order valence-corrected chi connectivity index (χ1v) is 7.93. The third-order valence-electron chi connectivity index (χ3n) is 3.80. The summed E-state index contributed by atoms with van der Waals surface area (Å²) in [6.45, 7) is 3.92. The molecule has 2 aromatic carbocycles. The van der Waals surface area contributed by atoms with E-state index in [1.807, 2.05) is 44.2 Å². The molecule has 0 unspecified atom stereocenters. The topological polar surface area (TPSA) is 74.2 Å². The highest BCUT2D eigenvalue weighted by atomic mass is 16.3. The van der Waals surface area contributed by atoms with E-state index in [1.165, 1.54) is 0 Å². The van der Waals surface area contributed by atoms with E-state index in [9.17, 15) is 9.90 Å². The number of urea groups is 1. The van der Waals surface area contributed by atoms with Gasteiger partial charge < -0.3 is 10.4 Å². The van der Waals surface area contributed by atoms with Gasteiger partial charge >= 0.3 is 6.03 Å². The molecule has 0 aliphatic carbocycles. The summed E-state index contributed by atoms with van der Waals surface area (Å²) in [6, 6.07) is 17.7. The molecule has 0 atom stereocenters. The molecule has 3 rings (SSSR count). The fourth-order valence-electron chi connectivity index (χ4n) is 2.44. The van der Waals surface area contributed by atoms with Gasteiger partial charge in [-0.3, -0.25) is 5.32 Å². The van der Waals surface area contributed by atoms with Crippen molar-refractivity contribution in [1.29, 1.82) is 0 Å². The summed E-state index contributed by atoms with van der Waals surface area (Å²) in [4.78, 5) is 16.7. The van der Waals surface area contributed by atoms with Crippen molar-refractivity contribution < 1.29 is 9.90 Å². The van der Waals surface area contributed by atoms with Gasteiger partial charge in [-0.1, -0.05) is 18.2 Å². The summed E-state index contributed by atoms with van der Waals surface area (Å²) in [5, 5.41) is 15.0. The molecule has 25 heavy (non-hydrogen) atoms. The zero-order chi connectivity index (χ0) is 17.8. The predicted octanol–water partition coefficient (Wildman–Crippen LogP) is 4.72. The van der Waals surface area contributed by atoms with Gasteiger partial charge in [-0.05, 0) is 67.4 Å². The number of aromatic nitrogens is 1. The minimum Gasteiger partial charge on any atom is -0.508 e. The standard InChI is InChI=1S/C20H19N3O2/c1-13-6-7-14(2)18(12-13)22-20(25)23-19-5-3-4-17(21-19)15-8-10-16(24)11-9-15/h3-12,24H,1-2H3,(H2,21,22,23,25). The molecule has 0 saturated heterocycles. The van der Waals surface area contributed by atoms with E-state index < -0.39 is 0 Å². The number of hydrogen-bond acceptors (Lipinski definition) is 3. The van der Waals surface area contributed by atoms with E-state index in [-0.39, 0.29) is 11.8 Å². The number of pyridine rings is 1. The third-order valence-corrected chi connectivity index (χ3v) is 3.80. The Bertz CT molecular complexity index is 905. The summed E-state index contributed by atoms with van der Waals surface area (Å²) in [6.07, 6.45) is 0. The van der Waals surface area contributed by atoms with Crippen molar-refractivity contribution in [2.45, 2.75) is 13.8 Å². The predicted molar refractivity (Wildman–Crippen MR) is 99.9 cm³/mol. The molecule has 2 amide bonds. The Morgan fingerprint density at radius 3 is 2.48 bits per heavy atom. The molecule has 3 aromatic rings. The van der Waals surface area contributed by atoms with Gasteiger partial charge in [0.25, 0.3) is 0 Å². The molecule has 1 aromatic heterocycles. The monoisotopic (exact) mass is 333 g/mol. The van der Waals surface area contributed by atoms with Crippen LogP contribution in [-0.4, -0.2) is 16.1 Å². The van der Waals surface area contributed by atoms with Crippen LogP contribution < -0.4 is 10.6 Å². The van der Waals surface area contributed by atoms with Crippen molar-refractivity contribution in [3.63, 3.8) is 0 Å². The van der Waals surface area contributed by atoms with Gasteiger partial charge in [0.2, 0.25) is 0 Å². The molecule has 1 heterocycles. The highest BCUT2D eigenvalue weighted by Crippen LogP contribution is 2.22. The van der Waals surface area contributed by atoms with Crippen LogP contribution in [0.1, 0.15) is 11.1 Å². The van der Waals surface area contributed by atoms with Crippen molar-refractivity contribution in [2.24, 2.45) is 0 Å². The van der Waals surface area contributed by atoms with Gasteiger partial charge in [0, 0.05) is 11.3 Å². The maximum Gasteiger partial charge on any atom is 0.324 e. The lowest BCUT2D eigenvalue weighted by Gasteiger charge is -2.11. The molecular weight excluding hydrogens is 314 g/mol. The lowest BCUT2D eigenvalue weighted by atomic mass is 10.1. The highest BCUT2D eigenvalue weighted by Gasteiger charge is 2.07. The van der Waals surface area contributed by atoms with Crippen molar-refractivity contribution in [1.82, 2.24) is 4.98 Å². The van der Waals surface area contributed by atoms with Crippen LogP contribution in [0.2, 0.25) is 0 Å². The van der Waals surface area contributed by atoms with Gasteiger partial charge in [-0.15, -0.1) is 0 Å². The number of anilines is 2. The van der Waals surface area contributed by atoms with Crippen molar-refractivity contribution in [3.05, 3.63) is 71.8 Å². The van der Waals surface area contributed by atoms with Crippen LogP contribution in [0.5, 0.6) is 5.75 Å². The first-order valence-electron chi connectivity index (χ1n) is 7.93. The lowest BCUT2D eigenvalue weighted by molar-refractivity contribution is 0.262. The van der Waals surface area contributed by atoms with Crippen LogP contribution in [0.25, 0.3) is 11.3 Å². The van der Waals surface area contributed by atoms with Gasteiger partial charge in [-0.2, -0.15) is 0 Å². The number of aryl methyl sites for hydroxylation is 2. The number of benzene rings is 2. The third kappa shape index (κ3) is 4.14. The second-order valence-electron chi connectivity index (χ2n) is 5.85. The number of hydrogen-bond donors (Lipinski definition) is 3. The maximum absolute atomic E-state index is 12.2. The summed E-state index contributed by atoms with van der Waals surface area (Å²) < 4.78 is 0. The molecule has 126 valence electrons. The summed E-state index contributed by atoms with van der Waals surface area (Å²) in [5.74, 6) is 0.652. The smallest absolute Gasteiger partial charge is 0.324 e. The average Bonchev–Trinajstić information content (AvgIpc) is 2.59. The molecule has 0 aliphatic heterocycles. The zero-order valence-electron chi connectivity index (χ0n) is 14.1. The number of phenols is 1. The fraction of sp³-hybridized carbons (Fsp3) is 0.100.